The highest BCUT2D eigenvalue weighted by atomic mass is 15.1. The average Bonchev–Trinajstić information content (AvgIpc) is 2.33. The van der Waals surface area contributed by atoms with Crippen LogP contribution in [0.3, 0.4) is 0 Å². The minimum atomic E-state index is 0.905. The fraction of sp³-hybridized carbons (Fsp3) is 1.00. The molecule has 0 N–H and O–H groups in total. The van der Waals surface area contributed by atoms with Gasteiger partial charge in [-0.25, -0.2) is 0 Å². The lowest BCUT2D eigenvalue weighted by Crippen LogP contribution is -2.39. The van der Waals surface area contributed by atoms with Gasteiger partial charge in [0.1, 0.15) is 0 Å². The predicted molar refractivity (Wildman–Crippen MR) is 70.6 cm³/mol. The lowest BCUT2D eigenvalue weighted by atomic mass is 9.80. The molecule has 16 heavy (non-hydrogen) atoms. The molecule has 0 bridgehead atoms. The molecule has 0 aromatic heterocycles. The third-order valence-corrected chi connectivity index (χ3v) is 5.01. The van der Waals surface area contributed by atoms with E-state index in [0.29, 0.717) is 0 Å². The Morgan fingerprint density at radius 1 is 0.875 bits per heavy atom. The van der Waals surface area contributed by atoms with Gasteiger partial charge in [0, 0.05) is 12.6 Å². The molecule has 2 unspecified atom stereocenters. The van der Waals surface area contributed by atoms with Crippen LogP contribution in [0.5, 0.6) is 0 Å². The fourth-order valence-electron chi connectivity index (χ4n) is 3.71. The maximum absolute atomic E-state index is 2.69. The first kappa shape index (κ1) is 12.4. The SMILES string of the molecule is CC1CCCCC1CN(C)C1CCCCC1. The smallest absolute Gasteiger partial charge is 0.00923 e. The monoisotopic (exact) mass is 223 g/mol. The van der Waals surface area contributed by atoms with Crippen molar-refractivity contribution < 1.29 is 0 Å². The quantitative estimate of drug-likeness (QED) is 0.697. The molecule has 2 atom stereocenters. The predicted octanol–water partition coefficient (Wildman–Crippen LogP) is 4.08. The van der Waals surface area contributed by atoms with Gasteiger partial charge in [0.15, 0.2) is 0 Å². The van der Waals surface area contributed by atoms with Crippen molar-refractivity contribution in [2.24, 2.45) is 11.8 Å². The van der Waals surface area contributed by atoms with Gasteiger partial charge < -0.3 is 4.90 Å². The summed E-state index contributed by atoms with van der Waals surface area (Å²) in [6.45, 7) is 3.84. The lowest BCUT2D eigenvalue weighted by molar-refractivity contribution is 0.125. The zero-order valence-electron chi connectivity index (χ0n) is 11.3. The Kier molecular flexibility index (Phi) is 4.69. The van der Waals surface area contributed by atoms with Gasteiger partial charge in [-0.15, -0.1) is 0 Å². The Bertz CT molecular complexity index is 196. The largest absolute Gasteiger partial charge is 0.303 e. The summed E-state index contributed by atoms with van der Waals surface area (Å²) in [5.41, 5.74) is 0. The minimum absolute atomic E-state index is 0.905. The summed E-state index contributed by atoms with van der Waals surface area (Å²) in [6.07, 6.45) is 13.2. The zero-order valence-corrected chi connectivity index (χ0v) is 11.3. The minimum Gasteiger partial charge on any atom is -0.303 e. The van der Waals surface area contributed by atoms with Crippen molar-refractivity contribution in [3.63, 3.8) is 0 Å². The third kappa shape index (κ3) is 3.23. The van der Waals surface area contributed by atoms with E-state index in [9.17, 15) is 0 Å². The van der Waals surface area contributed by atoms with Crippen molar-refractivity contribution in [3.8, 4) is 0 Å². The number of nitrogens with zero attached hydrogens (tertiary/aromatic N) is 1. The molecule has 0 radical (unpaired) electrons. The van der Waals surface area contributed by atoms with E-state index in [0.717, 1.165) is 17.9 Å². The standard InChI is InChI=1S/C15H29N/c1-13-8-6-7-9-14(13)12-16(2)15-10-4-3-5-11-15/h13-15H,3-12H2,1-2H3. The summed E-state index contributed by atoms with van der Waals surface area (Å²) in [5, 5.41) is 0. The highest BCUT2D eigenvalue weighted by molar-refractivity contribution is 4.79. The molecular weight excluding hydrogens is 194 g/mol. The van der Waals surface area contributed by atoms with E-state index in [-0.39, 0.29) is 0 Å². The second-order valence-electron chi connectivity index (χ2n) is 6.25. The lowest BCUT2D eigenvalue weighted by Gasteiger charge is -2.37. The van der Waals surface area contributed by atoms with Gasteiger partial charge in [-0.3, -0.25) is 0 Å². The second kappa shape index (κ2) is 6.05. The summed E-state index contributed by atoms with van der Waals surface area (Å²) in [5.74, 6) is 1.96. The molecule has 0 aromatic rings. The number of hydrogen-bond donors (Lipinski definition) is 0. The molecule has 94 valence electrons. The first-order valence-electron chi connectivity index (χ1n) is 7.47. The van der Waals surface area contributed by atoms with Crippen molar-refractivity contribution in [3.05, 3.63) is 0 Å². The van der Waals surface area contributed by atoms with Crippen LogP contribution in [0, 0.1) is 11.8 Å². The van der Waals surface area contributed by atoms with E-state index in [1.54, 1.807) is 0 Å². The van der Waals surface area contributed by atoms with E-state index < -0.39 is 0 Å². The molecule has 2 rings (SSSR count). The number of hydrogen-bond acceptors (Lipinski definition) is 1. The van der Waals surface area contributed by atoms with E-state index in [4.69, 9.17) is 0 Å². The average molecular weight is 223 g/mol. The van der Waals surface area contributed by atoms with Crippen LogP contribution in [0.1, 0.15) is 64.7 Å². The molecule has 1 nitrogen and oxygen atoms in total. The Hall–Kier alpha value is -0.0400. The van der Waals surface area contributed by atoms with E-state index >= 15 is 0 Å². The zero-order chi connectivity index (χ0) is 11.4. The van der Waals surface area contributed by atoms with Crippen LogP contribution in [0.4, 0.5) is 0 Å². The normalized spacial score (nSPS) is 33.2. The molecule has 0 aliphatic heterocycles. The highest BCUT2D eigenvalue weighted by Crippen LogP contribution is 2.31. The topological polar surface area (TPSA) is 3.24 Å². The molecule has 2 aliphatic rings. The van der Waals surface area contributed by atoms with Crippen molar-refractivity contribution in [1.29, 1.82) is 0 Å². The van der Waals surface area contributed by atoms with Gasteiger partial charge in [-0.2, -0.15) is 0 Å². The maximum atomic E-state index is 2.69. The molecular formula is C15H29N. The van der Waals surface area contributed by atoms with Crippen molar-refractivity contribution in [1.82, 2.24) is 4.90 Å². The molecule has 2 saturated carbocycles. The molecule has 1 heteroatoms. The summed E-state index contributed by atoms with van der Waals surface area (Å²) in [4.78, 5) is 2.69. The van der Waals surface area contributed by atoms with Crippen molar-refractivity contribution in [2.75, 3.05) is 13.6 Å². The number of rotatable bonds is 3. The summed E-state index contributed by atoms with van der Waals surface area (Å²) in [6, 6.07) is 0.905. The Balaban J connectivity index is 1.78. The van der Waals surface area contributed by atoms with Gasteiger partial charge >= 0.3 is 0 Å². The van der Waals surface area contributed by atoms with Gasteiger partial charge in [-0.05, 0) is 38.1 Å². The molecule has 0 aromatic carbocycles. The van der Waals surface area contributed by atoms with Gasteiger partial charge in [0.2, 0.25) is 0 Å². The van der Waals surface area contributed by atoms with E-state index in [2.05, 4.69) is 18.9 Å². The van der Waals surface area contributed by atoms with Gasteiger partial charge in [0.25, 0.3) is 0 Å². The summed E-state index contributed by atoms with van der Waals surface area (Å²) < 4.78 is 0. The van der Waals surface area contributed by atoms with Gasteiger partial charge in [-0.1, -0.05) is 45.4 Å². The first-order valence-corrected chi connectivity index (χ1v) is 7.47. The van der Waals surface area contributed by atoms with Crippen LogP contribution in [-0.2, 0) is 0 Å². The molecule has 0 saturated heterocycles. The first-order chi connectivity index (χ1) is 7.77. The van der Waals surface area contributed by atoms with Crippen molar-refractivity contribution in [2.45, 2.75) is 70.8 Å². The second-order valence-corrected chi connectivity index (χ2v) is 6.25. The Morgan fingerprint density at radius 3 is 2.19 bits per heavy atom. The Labute approximate surface area is 102 Å². The van der Waals surface area contributed by atoms with Crippen LogP contribution in [0.25, 0.3) is 0 Å². The molecule has 0 amide bonds. The van der Waals surface area contributed by atoms with Crippen LogP contribution in [-0.4, -0.2) is 24.5 Å². The van der Waals surface area contributed by atoms with Crippen LogP contribution in [0.15, 0.2) is 0 Å². The van der Waals surface area contributed by atoms with E-state index in [1.807, 2.05) is 0 Å². The fourth-order valence-corrected chi connectivity index (χ4v) is 3.71. The van der Waals surface area contributed by atoms with Crippen LogP contribution in [0.2, 0.25) is 0 Å². The van der Waals surface area contributed by atoms with Gasteiger partial charge in [0.05, 0.1) is 0 Å². The Morgan fingerprint density at radius 2 is 1.50 bits per heavy atom. The van der Waals surface area contributed by atoms with E-state index in [1.165, 1.54) is 64.3 Å². The molecule has 0 spiro atoms. The van der Waals surface area contributed by atoms with Crippen LogP contribution < -0.4 is 0 Å². The van der Waals surface area contributed by atoms with Crippen LogP contribution >= 0.6 is 0 Å². The maximum Gasteiger partial charge on any atom is 0.00923 e. The highest BCUT2D eigenvalue weighted by Gasteiger charge is 2.25. The summed E-state index contributed by atoms with van der Waals surface area (Å²) in [7, 11) is 2.37. The molecule has 2 fully saturated rings. The molecule has 2 aliphatic carbocycles. The molecule has 0 heterocycles. The van der Waals surface area contributed by atoms with Crippen molar-refractivity contribution >= 4 is 0 Å². The third-order valence-electron chi connectivity index (χ3n) is 5.01. The summed E-state index contributed by atoms with van der Waals surface area (Å²) >= 11 is 0.